The zero-order valence-corrected chi connectivity index (χ0v) is 25.2. The molecule has 3 aromatic carbocycles. The highest BCUT2D eigenvalue weighted by molar-refractivity contribution is 6.00. The number of carbonyl (C=O) groups is 2. The predicted octanol–water partition coefficient (Wildman–Crippen LogP) is 6.17. The molecule has 0 atom stereocenters. The molecule has 1 heterocycles. The van der Waals surface area contributed by atoms with Crippen molar-refractivity contribution in [3.05, 3.63) is 88.5 Å². The molecule has 0 bridgehead atoms. The molecule has 14 heteroatoms. The summed E-state index contributed by atoms with van der Waals surface area (Å²) in [6.45, 7) is 0.318. The van der Waals surface area contributed by atoms with Gasteiger partial charge in [-0.15, -0.1) is 0 Å². The molecule has 1 aliphatic heterocycles. The molecular weight excluding hydrogens is 622 g/mol. The van der Waals surface area contributed by atoms with Crippen LogP contribution in [0.4, 0.5) is 26.3 Å². The molecule has 1 saturated heterocycles. The van der Waals surface area contributed by atoms with Gasteiger partial charge in [-0.05, 0) is 59.2 Å². The predicted molar refractivity (Wildman–Crippen MR) is 155 cm³/mol. The minimum Gasteiger partial charge on any atom is -0.497 e. The lowest BCUT2D eigenvalue weighted by Gasteiger charge is -2.34. The number of rotatable bonds is 8. The quantitative estimate of drug-likeness (QED) is 0.214. The normalized spacial score (nSPS) is 14.2. The molecule has 2 amide bonds. The Bertz CT molecular complexity index is 1550. The third kappa shape index (κ3) is 7.49. The molecule has 0 radical (unpaired) electrons. The van der Waals surface area contributed by atoms with E-state index in [1.165, 1.54) is 74.6 Å². The Balaban J connectivity index is 1.64. The number of nitrogens with zero attached hydrogens (tertiary/aromatic N) is 2. The van der Waals surface area contributed by atoms with Crippen molar-refractivity contribution in [3.63, 3.8) is 0 Å². The first-order chi connectivity index (χ1) is 21.7. The van der Waals surface area contributed by atoms with Crippen LogP contribution < -0.4 is 18.9 Å². The van der Waals surface area contributed by atoms with Gasteiger partial charge in [0, 0.05) is 37.8 Å². The molecule has 46 heavy (non-hydrogen) atoms. The van der Waals surface area contributed by atoms with Crippen molar-refractivity contribution < 1.29 is 54.9 Å². The fraction of sp³-hybridized carbons (Fsp3) is 0.312. The summed E-state index contributed by atoms with van der Waals surface area (Å²) < 4.78 is 103. The average molecular weight is 653 g/mol. The Hall–Kier alpha value is -4.88. The van der Waals surface area contributed by atoms with E-state index in [1.54, 1.807) is 0 Å². The summed E-state index contributed by atoms with van der Waals surface area (Å²) in [7, 11) is 5.64. The maximum Gasteiger partial charge on any atom is 0.416 e. The lowest BCUT2D eigenvalue weighted by atomic mass is 9.93. The summed E-state index contributed by atoms with van der Waals surface area (Å²) in [5.41, 5.74) is -3.18. The molecule has 8 nitrogen and oxygen atoms in total. The molecule has 0 aliphatic carbocycles. The maximum atomic E-state index is 13.7. The Morgan fingerprint density at radius 3 is 1.57 bits per heavy atom. The zero-order chi connectivity index (χ0) is 33.8. The van der Waals surface area contributed by atoms with Crippen molar-refractivity contribution in [2.24, 2.45) is 0 Å². The second kappa shape index (κ2) is 13.6. The van der Waals surface area contributed by atoms with Crippen LogP contribution in [0, 0.1) is 0 Å². The summed E-state index contributed by atoms with van der Waals surface area (Å²) in [5.74, 6) is 0.222. The number of halogens is 6. The minimum absolute atomic E-state index is 0.0290. The smallest absolute Gasteiger partial charge is 0.416 e. The number of amides is 2. The first-order valence-electron chi connectivity index (χ1n) is 13.7. The van der Waals surface area contributed by atoms with Gasteiger partial charge in [0.1, 0.15) is 5.75 Å². The molecule has 0 spiro atoms. The van der Waals surface area contributed by atoms with E-state index in [9.17, 15) is 35.9 Å². The lowest BCUT2D eigenvalue weighted by Crippen LogP contribution is -2.50. The van der Waals surface area contributed by atoms with Crippen LogP contribution in [-0.2, 0) is 17.1 Å². The number of benzene rings is 3. The largest absolute Gasteiger partial charge is 0.497 e. The standard InChI is InChI=1S/C32H30F6N2O6/c1-43-24-7-5-19(6-8-24)25(20-13-22(31(33,34)35)17-23(14-20)32(36,37)38)18-28(41)39-9-11-40(12-10-39)30(42)21-15-26(44-2)29(46-4)27(16-21)45-3/h5-8,13-18H,9-12H2,1-4H3. The highest BCUT2D eigenvalue weighted by atomic mass is 19.4. The minimum atomic E-state index is -5.08. The number of alkyl halides is 6. The van der Waals surface area contributed by atoms with Crippen molar-refractivity contribution in [2.45, 2.75) is 12.4 Å². The van der Waals surface area contributed by atoms with Gasteiger partial charge in [0.05, 0.1) is 39.6 Å². The molecular formula is C32H30F6N2O6. The monoisotopic (exact) mass is 652 g/mol. The number of methoxy groups -OCH3 is 4. The number of ether oxygens (including phenoxy) is 4. The van der Waals surface area contributed by atoms with Gasteiger partial charge in [0.25, 0.3) is 5.91 Å². The van der Waals surface area contributed by atoms with Crippen LogP contribution >= 0.6 is 0 Å². The van der Waals surface area contributed by atoms with Crippen molar-refractivity contribution in [2.75, 3.05) is 54.6 Å². The first-order valence-corrected chi connectivity index (χ1v) is 13.7. The molecule has 4 rings (SSSR count). The third-order valence-corrected chi connectivity index (χ3v) is 7.36. The van der Waals surface area contributed by atoms with Crippen LogP contribution in [0.25, 0.3) is 5.57 Å². The van der Waals surface area contributed by atoms with Crippen LogP contribution in [0.15, 0.2) is 60.7 Å². The zero-order valence-electron chi connectivity index (χ0n) is 25.2. The van der Waals surface area contributed by atoms with Crippen molar-refractivity contribution in [1.82, 2.24) is 9.80 Å². The van der Waals surface area contributed by atoms with Crippen LogP contribution in [0.5, 0.6) is 23.0 Å². The van der Waals surface area contributed by atoms with Crippen molar-refractivity contribution in [3.8, 4) is 23.0 Å². The van der Waals surface area contributed by atoms with Gasteiger partial charge in [-0.2, -0.15) is 26.3 Å². The Morgan fingerprint density at radius 2 is 1.13 bits per heavy atom. The molecule has 1 fully saturated rings. The lowest BCUT2D eigenvalue weighted by molar-refractivity contribution is -0.143. The first kappa shape index (κ1) is 34.0. The van der Waals surface area contributed by atoms with Gasteiger partial charge in [-0.1, -0.05) is 12.1 Å². The van der Waals surface area contributed by atoms with Gasteiger partial charge >= 0.3 is 12.4 Å². The molecule has 1 aliphatic rings. The van der Waals surface area contributed by atoms with Crippen molar-refractivity contribution >= 4 is 17.4 Å². The Morgan fingerprint density at radius 1 is 0.630 bits per heavy atom. The summed E-state index contributed by atoms with van der Waals surface area (Å²) in [5, 5.41) is 0. The van der Waals surface area contributed by atoms with E-state index in [0.717, 1.165) is 6.08 Å². The number of piperazine rings is 1. The van der Waals surface area contributed by atoms with Crippen molar-refractivity contribution in [1.29, 1.82) is 0 Å². The molecule has 246 valence electrons. The molecule has 0 aromatic heterocycles. The third-order valence-electron chi connectivity index (χ3n) is 7.36. The number of hydrogen-bond acceptors (Lipinski definition) is 6. The Labute approximate surface area is 260 Å². The van der Waals surface area contributed by atoms with Crippen LogP contribution in [0.2, 0.25) is 0 Å². The number of hydrogen-bond donors (Lipinski definition) is 0. The van der Waals surface area contributed by atoms with Gasteiger partial charge in [-0.25, -0.2) is 0 Å². The summed E-state index contributed by atoms with van der Waals surface area (Å²) in [4.78, 5) is 29.6. The van der Waals surface area contributed by atoms with Gasteiger partial charge in [0.2, 0.25) is 11.7 Å². The molecule has 0 unspecified atom stereocenters. The van der Waals surface area contributed by atoms with Crippen LogP contribution in [0.1, 0.15) is 32.6 Å². The SMILES string of the molecule is COc1ccc(C(=CC(=O)N2CCN(C(=O)c3cc(OC)c(OC)c(OC)c3)CC2)c2cc(C(F)(F)F)cc(C(F)(F)F)c2)cc1. The highest BCUT2D eigenvalue weighted by Gasteiger charge is 2.37. The van der Waals surface area contributed by atoms with Crippen LogP contribution in [-0.4, -0.2) is 76.2 Å². The van der Waals surface area contributed by atoms with E-state index in [0.29, 0.717) is 23.6 Å². The van der Waals surface area contributed by atoms with Crippen LogP contribution in [0.3, 0.4) is 0 Å². The van der Waals surface area contributed by atoms with Gasteiger partial charge in [-0.3, -0.25) is 9.59 Å². The molecule has 0 saturated carbocycles. The van der Waals surface area contributed by atoms with Gasteiger partial charge in [0.15, 0.2) is 11.5 Å². The van der Waals surface area contributed by atoms with E-state index in [4.69, 9.17) is 18.9 Å². The topological polar surface area (TPSA) is 77.5 Å². The highest BCUT2D eigenvalue weighted by Crippen LogP contribution is 2.40. The van der Waals surface area contributed by atoms with E-state index in [-0.39, 0.29) is 66.4 Å². The summed E-state index contributed by atoms with van der Waals surface area (Å²) >= 11 is 0. The van der Waals surface area contributed by atoms with E-state index in [1.807, 2.05) is 0 Å². The van der Waals surface area contributed by atoms with E-state index >= 15 is 0 Å². The number of carbonyl (C=O) groups excluding carboxylic acids is 2. The summed E-state index contributed by atoms with van der Waals surface area (Å²) in [6, 6.07) is 9.98. The fourth-order valence-electron chi connectivity index (χ4n) is 4.95. The van der Waals surface area contributed by atoms with E-state index in [2.05, 4.69) is 0 Å². The second-order valence-corrected chi connectivity index (χ2v) is 10.1. The molecule has 3 aromatic rings. The second-order valence-electron chi connectivity index (χ2n) is 10.1. The van der Waals surface area contributed by atoms with Gasteiger partial charge < -0.3 is 28.7 Å². The molecule has 0 N–H and O–H groups in total. The fourth-order valence-corrected chi connectivity index (χ4v) is 4.95. The average Bonchev–Trinajstić information content (AvgIpc) is 3.05. The summed E-state index contributed by atoms with van der Waals surface area (Å²) in [6.07, 6.45) is -9.15. The van der Waals surface area contributed by atoms with E-state index < -0.39 is 35.0 Å². The Kier molecular flexibility index (Phi) is 10.1. The maximum absolute atomic E-state index is 13.7.